The van der Waals surface area contributed by atoms with E-state index in [4.69, 9.17) is 4.74 Å². The monoisotopic (exact) mass is 367 g/mol. The molecule has 2 aromatic carbocycles. The molecule has 134 valence electrons. The number of thioether (sulfide) groups is 1. The number of hydrogen-bond donors (Lipinski definition) is 0. The van der Waals surface area contributed by atoms with E-state index in [1.165, 1.54) is 16.7 Å². The average molecular weight is 367 g/mol. The molecule has 0 saturated carbocycles. The van der Waals surface area contributed by atoms with Crippen LogP contribution in [0.15, 0.2) is 59.5 Å². The van der Waals surface area contributed by atoms with Gasteiger partial charge >= 0.3 is 0 Å². The molecule has 4 nitrogen and oxygen atoms in total. The largest absolute Gasteiger partial charge is 0.494 e. The SMILES string of the molecule is CCOc1ccc(C2=C(SCc3ccccc3)C(=O)N(CC)C2=O)cc1. The van der Waals surface area contributed by atoms with E-state index in [-0.39, 0.29) is 11.8 Å². The molecule has 0 aliphatic carbocycles. The van der Waals surface area contributed by atoms with Crippen LogP contribution in [0.4, 0.5) is 0 Å². The van der Waals surface area contributed by atoms with Crippen molar-refractivity contribution in [3.63, 3.8) is 0 Å². The maximum absolute atomic E-state index is 12.8. The van der Waals surface area contributed by atoms with Crippen molar-refractivity contribution in [2.75, 3.05) is 13.2 Å². The molecule has 1 aliphatic rings. The van der Waals surface area contributed by atoms with Crippen molar-refractivity contribution in [2.24, 2.45) is 0 Å². The van der Waals surface area contributed by atoms with Crippen LogP contribution in [0.3, 0.4) is 0 Å². The molecule has 2 aromatic rings. The summed E-state index contributed by atoms with van der Waals surface area (Å²) in [4.78, 5) is 27.3. The topological polar surface area (TPSA) is 46.6 Å². The molecule has 1 heterocycles. The highest BCUT2D eigenvalue weighted by Gasteiger charge is 2.38. The lowest BCUT2D eigenvalue weighted by molar-refractivity contribution is -0.136. The van der Waals surface area contributed by atoms with E-state index in [0.717, 1.165) is 16.9 Å². The standard InChI is InChI=1S/C21H21NO3S/c1-3-22-20(23)18(16-10-12-17(13-11-16)25-4-2)19(21(22)24)26-14-15-8-6-5-7-9-15/h5-13H,3-4,14H2,1-2H3. The number of nitrogens with zero attached hydrogens (tertiary/aromatic N) is 1. The predicted octanol–water partition coefficient (Wildman–Crippen LogP) is 4.12. The van der Waals surface area contributed by atoms with Crippen molar-refractivity contribution in [3.05, 3.63) is 70.6 Å². The lowest BCUT2D eigenvalue weighted by Crippen LogP contribution is -2.31. The molecule has 1 aliphatic heterocycles. The number of carbonyl (C=O) groups is 2. The number of rotatable bonds is 7. The van der Waals surface area contributed by atoms with E-state index >= 15 is 0 Å². The van der Waals surface area contributed by atoms with Gasteiger partial charge in [0.05, 0.1) is 17.1 Å². The molecule has 0 saturated heterocycles. The van der Waals surface area contributed by atoms with Gasteiger partial charge in [-0.3, -0.25) is 14.5 Å². The average Bonchev–Trinajstić information content (AvgIpc) is 2.91. The van der Waals surface area contributed by atoms with Crippen LogP contribution in [-0.4, -0.2) is 29.9 Å². The van der Waals surface area contributed by atoms with Gasteiger partial charge in [0, 0.05) is 12.3 Å². The number of amides is 2. The van der Waals surface area contributed by atoms with E-state index in [0.29, 0.717) is 29.4 Å². The smallest absolute Gasteiger partial charge is 0.267 e. The van der Waals surface area contributed by atoms with Crippen molar-refractivity contribution in [1.29, 1.82) is 0 Å². The van der Waals surface area contributed by atoms with E-state index in [9.17, 15) is 9.59 Å². The van der Waals surface area contributed by atoms with Gasteiger partial charge in [0.2, 0.25) is 0 Å². The van der Waals surface area contributed by atoms with Crippen molar-refractivity contribution < 1.29 is 14.3 Å². The van der Waals surface area contributed by atoms with Gasteiger partial charge in [-0.2, -0.15) is 0 Å². The molecule has 0 unspecified atom stereocenters. The zero-order chi connectivity index (χ0) is 18.5. The molecule has 26 heavy (non-hydrogen) atoms. The highest BCUT2D eigenvalue weighted by Crippen LogP contribution is 2.37. The van der Waals surface area contributed by atoms with Crippen LogP contribution in [0.1, 0.15) is 25.0 Å². The minimum atomic E-state index is -0.225. The van der Waals surface area contributed by atoms with E-state index in [2.05, 4.69) is 0 Å². The molecule has 0 aromatic heterocycles. The minimum Gasteiger partial charge on any atom is -0.494 e. The Morgan fingerprint density at radius 3 is 2.23 bits per heavy atom. The number of hydrogen-bond acceptors (Lipinski definition) is 4. The molecule has 3 rings (SSSR count). The van der Waals surface area contributed by atoms with Gasteiger partial charge < -0.3 is 4.74 Å². The highest BCUT2D eigenvalue weighted by atomic mass is 32.2. The molecule has 0 spiro atoms. The van der Waals surface area contributed by atoms with Gasteiger partial charge in [-0.25, -0.2) is 0 Å². The quantitative estimate of drug-likeness (QED) is 0.691. The first-order chi connectivity index (χ1) is 12.7. The summed E-state index contributed by atoms with van der Waals surface area (Å²) in [6.07, 6.45) is 0. The van der Waals surface area contributed by atoms with Crippen molar-refractivity contribution >= 4 is 29.1 Å². The zero-order valence-corrected chi connectivity index (χ0v) is 15.7. The van der Waals surface area contributed by atoms with Gasteiger partial charge in [-0.05, 0) is 37.1 Å². The number of likely N-dealkylation sites (N-methyl/N-ethyl adjacent to an activating group) is 1. The molecule has 0 N–H and O–H groups in total. The Labute approximate surface area is 157 Å². The maximum atomic E-state index is 12.8. The summed E-state index contributed by atoms with van der Waals surface area (Å²) in [5.41, 5.74) is 2.35. The van der Waals surface area contributed by atoms with Crippen molar-refractivity contribution in [2.45, 2.75) is 19.6 Å². The summed E-state index contributed by atoms with van der Waals surface area (Å²) in [5, 5.41) is 0. The Bertz CT molecular complexity index is 828. The zero-order valence-electron chi connectivity index (χ0n) is 14.9. The van der Waals surface area contributed by atoms with E-state index in [1.807, 2.05) is 68.4 Å². The van der Waals surface area contributed by atoms with Crippen LogP contribution < -0.4 is 4.74 Å². The van der Waals surface area contributed by atoms with E-state index < -0.39 is 0 Å². The number of ether oxygens (including phenoxy) is 1. The predicted molar refractivity (Wildman–Crippen MR) is 105 cm³/mol. The number of carbonyl (C=O) groups excluding carboxylic acids is 2. The molecule has 0 radical (unpaired) electrons. The van der Waals surface area contributed by atoms with Gasteiger partial charge in [0.1, 0.15) is 5.75 Å². The van der Waals surface area contributed by atoms with E-state index in [1.54, 1.807) is 0 Å². The summed E-state index contributed by atoms with van der Waals surface area (Å²) in [5.74, 6) is 0.965. The summed E-state index contributed by atoms with van der Waals surface area (Å²) in [6, 6.07) is 17.3. The third kappa shape index (κ3) is 3.68. The normalized spacial score (nSPS) is 14.3. The fourth-order valence-corrected chi connectivity index (χ4v) is 3.93. The van der Waals surface area contributed by atoms with Crippen LogP contribution in [0, 0.1) is 0 Å². The Balaban J connectivity index is 1.93. The fraction of sp³-hybridized carbons (Fsp3) is 0.238. The molecule has 0 bridgehead atoms. The first-order valence-corrected chi connectivity index (χ1v) is 9.64. The lowest BCUT2D eigenvalue weighted by atomic mass is 10.1. The number of imide groups is 1. The Kier molecular flexibility index (Phi) is 5.78. The van der Waals surface area contributed by atoms with Crippen molar-refractivity contribution in [3.8, 4) is 5.75 Å². The first-order valence-electron chi connectivity index (χ1n) is 8.66. The van der Waals surface area contributed by atoms with Gasteiger partial charge in [-0.1, -0.05) is 42.5 Å². The molecule has 0 atom stereocenters. The maximum Gasteiger partial charge on any atom is 0.267 e. The highest BCUT2D eigenvalue weighted by molar-refractivity contribution is 8.03. The molecule has 0 fully saturated rings. The second-order valence-electron chi connectivity index (χ2n) is 5.79. The third-order valence-corrected chi connectivity index (χ3v) is 5.27. The lowest BCUT2D eigenvalue weighted by Gasteiger charge is -2.11. The van der Waals surface area contributed by atoms with Crippen LogP contribution in [-0.2, 0) is 15.3 Å². The summed E-state index contributed by atoms with van der Waals surface area (Å²) in [6.45, 7) is 4.69. The fourth-order valence-electron chi connectivity index (χ4n) is 2.84. The summed E-state index contributed by atoms with van der Waals surface area (Å²) >= 11 is 1.42. The molecular weight excluding hydrogens is 346 g/mol. The molecule has 2 amide bonds. The minimum absolute atomic E-state index is 0.206. The van der Waals surface area contributed by atoms with Gasteiger partial charge in [0.15, 0.2) is 0 Å². The molecular formula is C21H21NO3S. The van der Waals surface area contributed by atoms with Crippen LogP contribution >= 0.6 is 11.8 Å². The second-order valence-corrected chi connectivity index (χ2v) is 6.78. The number of benzene rings is 2. The Morgan fingerprint density at radius 1 is 0.923 bits per heavy atom. The van der Waals surface area contributed by atoms with Gasteiger partial charge in [-0.15, -0.1) is 11.8 Å². The van der Waals surface area contributed by atoms with Crippen molar-refractivity contribution in [1.82, 2.24) is 4.90 Å². The van der Waals surface area contributed by atoms with Crippen LogP contribution in [0.25, 0.3) is 5.57 Å². The Morgan fingerprint density at radius 2 is 1.62 bits per heavy atom. The summed E-state index contributed by atoms with van der Waals surface area (Å²) in [7, 11) is 0. The molecule has 5 heteroatoms. The first kappa shape index (κ1) is 18.3. The third-order valence-electron chi connectivity index (χ3n) is 4.12. The second kappa shape index (κ2) is 8.23. The van der Waals surface area contributed by atoms with Gasteiger partial charge in [0.25, 0.3) is 11.8 Å². The Hall–Kier alpha value is -2.53. The van der Waals surface area contributed by atoms with Crippen LogP contribution in [0.2, 0.25) is 0 Å². The van der Waals surface area contributed by atoms with Crippen LogP contribution in [0.5, 0.6) is 5.75 Å². The summed E-state index contributed by atoms with van der Waals surface area (Å²) < 4.78 is 5.46.